The van der Waals surface area contributed by atoms with Crippen molar-refractivity contribution >= 4 is 22.4 Å². The zero-order valence-electron chi connectivity index (χ0n) is 13.1. The molecular weight excluding hydrogens is 284 g/mol. The summed E-state index contributed by atoms with van der Waals surface area (Å²) >= 11 is 1.78. The molecule has 0 aromatic carbocycles. The number of ether oxygens (including phenoxy) is 1. The highest BCUT2D eigenvalue weighted by atomic mass is 32.1. The highest BCUT2D eigenvalue weighted by Crippen LogP contribution is 2.41. The van der Waals surface area contributed by atoms with E-state index in [2.05, 4.69) is 18.7 Å². The quantitative estimate of drug-likeness (QED) is 0.803. The summed E-state index contributed by atoms with van der Waals surface area (Å²) in [6.45, 7) is 8.00. The first-order valence-electron chi connectivity index (χ1n) is 8.03. The van der Waals surface area contributed by atoms with Crippen LogP contribution in [0.2, 0.25) is 0 Å². The predicted octanol–water partition coefficient (Wildman–Crippen LogP) is 3.36. The summed E-state index contributed by atoms with van der Waals surface area (Å²) in [6.07, 6.45) is 4.29. The van der Waals surface area contributed by atoms with Crippen molar-refractivity contribution < 1.29 is 9.53 Å². The van der Waals surface area contributed by atoms with Crippen LogP contribution in [-0.4, -0.2) is 30.1 Å². The van der Waals surface area contributed by atoms with E-state index in [0.29, 0.717) is 12.6 Å². The molecule has 1 saturated heterocycles. The molecule has 4 nitrogen and oxygen atoms in total. The summed E-state index contributed by atoms with van der Waals surface area (Å²) in [5.74, 6) is 0.563. The molecule has 1 aromatic rings. The van der Waals surface area contributed by atoms with Crippen LogP contribution in [0.25, 0.3) is 0 Å². The molecule has 3 atom stereocenters. The molecule has 1 aliphatic carbocycles. The van der Waals surface area contributed by atoms with Crippen LogP contribution in [0.3, 0.4) is 0 Å². The zero-order chi connectivity index (χ0) is 15.0. The summed E-state index contributed by atoms with van der Waals surface area (Å²) in [4.78, 5) is 20.6. The number of hydrogen-bond donors (Lipinski definition) is 0. The molecule has 0 spiro atoms. The molecule has 5 heteroatoms. The Balaban J connectivity index is 1.79. The molecule has 1 fully saturated rings. The number of piperidine rings is 1. The minimum absolute atomic E-state index is 0.103. The maximum absolute atomic E-state index is 12.0. The maximum Gasteiger partial charge on any atom is 0.315 e. The molecule has 3 rings (SSSR count). The average molecular weight is 308 g/mol. The highest BCUT2D eigenvalue weighted by Gasteiger charge is 2.35. The number of anilines is 1. The summed E-state index contributed by atoms with van der Waals surface area (Å²) in [5.41, 5.74) is 0.985. The zero-order valence-corrected chi connectivity index (χ0v) is 13.9. The third-order valence-electron chi connectivity index (χ3n) is 4.66. The van der Waals surface area contributed by atoms with E-state index in [1.165, 1.54) is 17.7 Å². The Labute approximate surface area is 130 Å². The highest BCUT2D eigenvalue weighted by molar-refractivity contribution is 7.15. The van der Waals surface area contributed by atoms with Gasteiger partial charge in [0.1, 0.15) is 5.92 Å². The Bertz CT molecular complexity index is 528. The summed E-state index contributed by atoms with van der Waals surface area (Å²) < 4.78 is 5.18. The minimum Gasteiger partial charge on any atom is -0.465 e. The summed E-state index contributed by atoms with van der Waals surface area (Å²) in [5, 5.41) is 1.10. The smallest absolute Gasteiger partial charge is 0.315 e. The second-order valence-electron chi connectivity index (χ2n) is 6.32. The van der Waals surface area contributed by atoms with Gasteiger partial charge in [-0.3, -0.25) is 4.79 Å². The van der Waals surface area contributed by atoms with Gasteiger partial charge in [-0.2, -0.15) is 0 Å². The molecule has 0 radical (unpaired) electrons. The maximum atomic E-state index is 12.0. The van der Waals surface area contributed by atoms with Crippen LogP contribution in [0.15, 0.2) is 0 Å². The molecule has 116 valence electrons. The number of thiazole rings is 1. The molecule has 1 aliphatic heterocycles. The third-order valence-corrected chi connectivity index (χ3v) is 5.83. The Kier molecular flexibility index (Phi) is 4.20. The van der Waals surface area contributed by atoms with E-state index < -0.39 is 0 Å². The van der Waals surface area contributed by atoms with Crippen molar-refractivity contribution in [2.75, 3.05) is 18.1 Å². The Morgan fingerprint density at radius 1 is 1.43 bits per heavy atom. The van der Waals surface area contributed by atoms with Gasteiger partial charge in [-0.15, -0.1) is 11.3 Å². The van der Waals surface area contributed by atoms with Gasteiger partial charge < -0.3 is 9.64 Å². The van der Waals surface area contributed by atoms with Crippen LogP contribution in [0, 0.1) is 5.92 Å². The van der Waals surface area contributed by atoms with Crippen molar-refractivity contribution in [3.05, 3.63) is 10.6 Å². The third kappa shape index (κ3) is 2.80. The van der Waals surface area contributed by atoms with Gasteiger partial charge in [0.15, 0.2) is 5.13 Å². The normalized spacial score (nSPS) is 28.5. The first kappa shape index (κ1) is 14.8. The van der Waals surface area contributed by atoms with Gasteiger partial charge in [0.25, 0.3) is 0 Å². The lowest BCUT2D eigenvalue weighted by atomic mass is 9.94. The number of esters is 1. The second kappa shape index (κ2) is 5.95. The Morgan fingerprint density at radius 2 is 2.24 bits per heavy atom. The van der Waals surface area contributed by atoms with Crippen LogP contribution in [0.4, 0.5) is 5.13 Å². The molecular formula is C16H24N2O2S. The number of aromatic nitrogens is 1. The summed E-state index contributed by atoms with van der Waals surface area (Å²) in [6, 6.07) is 0.543. The van der Waals surface area contributed by atoms with Crippen LogP contribution >= 0.6 is 11.3 Å². The minimum atomic E-state index is -0.135. The van der Waals surface area contributed by atoms with E-state index in [1.54, 1.807) is 11.3 Å². The average Bonchev–Trinajstić information content (AvgIpc) is 2.98. The van der Waals surface area contributed by atoms with Gasteiger partial charge in [0.05, 0.1) is 12.3 Å². The van der Waals surface area contributed by atoms with E-state index >= 15 is 0 Å². The number of aryl methyl sites for hydroxylation is 1. The monoisotopic (exact) mass is 308 g/mol. The van der Waals surface area contributed by atoms with Crippen molar-refractivity contribution in [3.8, 4) is 0 Å². The number of hydrogen-bond acceptors (Lipinski definition) is 5. The van der Waals surface area contributed by atoms with Crippen molar-refractivity contribution in [3.63, 3.8) is 0 Å². The lowest BCUT2D eigenvalue weighted by Gasteiger charge is -2.36. The van der Waals surface area contributed by atoms with Gasteiger partial charge >= 0.3 is 5.97 Å². The van der Waals surface area contributed by atoms with Gasteiger partial charge in [0, 0.05) is 17.5 Å². The number of fused-ring (bicyclic) bond motifs is 1. The van der Waals surface area contributed by atoms with Crippen molar-refractivity contribution in [1.82, 2.24) is 4.98 Å². The standard InChI is InChI=1S/C16H24N2O2S/c1-4-20-15(19)12-5-6-13-14(12)17-16(21-13)18-8-7-10(2)9-11(18)3/h10-12H,4-9H2,1-3H3. The van der Waals surface area contributed by atoms with Crippen LogP contribution in [0.5, 0.6) is 0 Å². The van der Waals surface area contributed by atoms with Crippen LogP contribution in [0.1, 0.15) is 56.5 Å². The van der Waals surface area contributed by atoms with Crippen LogP contribution in [-0.2, 0) is 16.0 Å². The van der Waals surface area contributed by atoms with Crippen molar-refractivity contribution in [1.29, 1.82) is 0 Å². The van der Waals surface area contributed by atoms with Crippen LogP contribution < -0.4 is 4.90 Å². The topological polar surface area (TPSA) is 42.4 Å². The van der Waals surface area contributed by atoms with E-state index in [1.807, 2.05) is 6.92 Å². The van der Waals surface area contributed by atoms with E-state index in [-0.39, 0.29) is 11.9 Å². The first-order chi connectivity index (χ1) is 10.1. The fourth-order valence-electron chi connectivity index (χ4n) is 3.50. The lowest BCUT2D eigenvalue weighted by Crippen LogP contribution is -2.40. The van der Waals surface area contributed by atoms with Gasteiger partial charge in [-0.25, -0.2) is 4.98 Å². The largest absolute Gasteiger partial charge is 0.465 e. The van der Waals surface area contributed by atoms with E-state index in [9.17, 15) is 4.79 Å². The van der Waals surface area contributed by atoms with Crippen molar-refractivity contribution in [2.45, 2.75) is 58.4 Å². The molecule has 0 bridgehead atoms. The molecule has 0 amide bonds. The number of carbonyl (C=O) groups is 1. The van der Waals surface area contributed by atoms with E-state index in [0.717, 1.165) is 36.1 Å². The molecule has 2 aliphatic rings. The molecule has 3 unspecified atom stereocenters. The van der Waals surface area contributed by atoms with Gasteiger partial charge in [0.2, 0.25) is 0 Å². The fourth-order valence-corrected chi connectivity index (χ4v) is 4.77. The second-order valence-corrected chi connectivity index (χ2v) is 7.38. The number of nitrogens with zero attached hydrogens (tertiary/aromatic N) is 2. The van der Waals surface area contributed by atoms with Gasteiger partial charge in [-0.05, 0) is 45.4 Å². The molecule has 2 heterocycles. The molecule has 0 saturated carbocycles. The molecule has 1 aromatic heterocycles. The first-order valence-corrected chi connectivity index (χ1v) is 8.84. The molecule has 21 heavy (non-hydrogen) atoms. The Hall–Kier alpha value is -1.10. The summed E-state index contributed by atoms with van der Waals surface area (Å²) in [7, 11) is 0. The van der Waals surface area contributed by atoms with Crippen molar-refractivity contribution in [2.24, 2.45) is 5.92 Å². The molecule has 0 N–H and O–H groups in total. The van der Waals surface area contributed by atoms with E-state index in [4.69, 9.17) is 9.72 Å². The Morgan fingerprint density at radius 3 is 2.95 bits per heavy atom. The van der Waals surface area contributed by atoms with Gasteiger partial charge in [-0.1, -0.05) is 6.92 Å². The predicted molar refractivity (Wildman–Crippen MR) is 85.0 cm³/mol. The number of carbonyl (C=O) groups excluding carboxylic acids is 1. The fraction of sp³-hybridized carbons (Fsp3) is 0.750. The SMILES string of the molecule is CCOC(=O)C1CCc2sc(N3CCC(C)CC3C)nc21. The lowest BCUT2D eigenvalue weighted by molar-refractivity contribution is -0.145. The number of rotatable bonds is 3.